The van der Waals surface area contributed by atoms with Crippen molar-refractivity contribution in [1.29, 1.82) is 0 Å². The fourth-order valence-corrected chi connectivity index (χ4v) is 2.30. The predicted octanol–water partition coefficient (Wildman–Crippen LogP) is 2.97. The minimum absolute atomic E-state index is 0.0803. The molecular weight excluding hydrogens is 262 g/mol. The number of nitrogens with zero attached hydrogens (tertiary/aromatic N) is 2. The van der Waals surface area contributed by atoms with Crippen LogP contribution < -0.4 is 5.32 Å². The molecule has 4 nitrogen and oxygen atoms in total. The van der Waals surface area contributed by atoms with Crippen molar-refractivity contribution in [3.05, 3.63) is 83.6 Å². The van der Waals surface area contributed by atoms with Gasteiger partial charge in [-0.3, -0.25) is 0 Å². The number of nitrogens with one attached hydrogen (secondary N) is 1. The largest absolute Gasteiger partial charge is 0.423 e. The molecule has 0 radical (unpaired) electrons. The second-order valence-electron chi connectivity index (χ2n) is 4.83. The second kappa shape index (κ2) is 6.33. The zero-order chi connectivity index (χ0) is 14.5. The van der Waals surface area contributed by atoms with E-state index in [0.29, 0.717) is 18.2 Å². The molecule has 1 atom stereocenters. The fraction of sp³-hybridized carbons (Fsp3) is 0.176. The zero-order valence-corrected chi connectivity index (χ0v) is 11.9. The summed E-state index contributed by atoms with van der Waals surface area (Å²) in [6.45, 7) is 0. The third-order valence-electron chi connectivity index (χ3n) is 3.35. The molecule has 0 bridgehead atoms. The van der Waals surface area contributed by atoms with Crippen molar-refractivity contribution in [2.24, 2.45) is 0 Å². The Morgan fingerprint density at radius 2 is 1.62 bits per heavy atom. The third kappa shape index (κ3) is 3.17. The monoisotopic (exact) mass is 279 g/mol. The Morgan fingerprint density at radius 3 is 2.29 bits per heavy atom. The van der Waals surface area contributed by atoms with E-state index in [4.69, 9.17) is 4.42 Å². The van der Waals surface area contributed by atoms with Gasteiger partial charge in [-0.1, -0.05) is 60.7 Å². The molecule has 1 heterocycles. The van der Waals surface area contributed by atoms with Gasteiger partial charge in [0.1, 0.15) is 6.04 Å². The molecule has 0 spiro atoms. The highest BCUT2D eigenvalue weighted by molar-refractivity contribution is 5.24. The molecule has 21 heavy (non-hydrogen) atoms. The van der Waals surface area contributed by atoms with E-state index in [-0.39, 0.29) is 6.04 Å². The standard InChI is InChI=1S/C17H17N3O/c1-18-16(14-10-6-3-7-11-14)17-20-19-15(21-17)12-13-8-4-2-5-9-13/h2-11,16,18H,12H2,1H3. The van der Waals surface area contributed by atoms with Crippen LogP contribution in [0.3, 0.4) is 0 Å². The number of benzene rings is 2. The van der Waals surface area contributed by atoms with Crippen LogP contribution in [0.1, 0.15) is 29.0 Å². The molecule has 1 aromatic heterocycles. The van der Waals surface area contributed by atoms with Gasteiger partial charge in [0.05, 0.1) is 6.42 Å². The van der Waals surface area contributed by atoms with Gasteiger partial charge in [-0.2, -0.15) is 0 Å². The van der Waals surface area contributed by atoms with Crippen LogP contribution in [-0.2, 0) is 6.42 Å². The average molecular weight is 279 g/mol. The lowest BCUT2D eigenvalue weighted by molar-refractivity contribution is 0.421. The molecule has 1 unspecified atom stereocenters. The lowest BCUT2D eigenvalue weighted by Gasteiger charge is -2.11. The normalized spacial score (nSPS) is 12.2. The summed E-state index contributed by atoms with van der Waals surface area (Å²) in [5, 5.41) is 11.5. The van der Waals surface area contributed by atoms with Crippen molar-refractivity contribution in [2.75, 3.05) is 7.05 Å². The van der Waals surface area contributed by atoms with Crippen molar-refractivity contribution in [2.45, 2.75) is 12.5 Å². The Balaban J connectivity index is 1.80. The highest BCUT2D eigenvalue weighted by Gasteiger charge is 2.18. The highest BCUT2D eigenvalue weighted by Crippen LogP contribution is 2.21. The molecule has 0 aliphatic rings. The van der Waals surface area contributed by atoms with Crippen LogP contribution >= 0.6 is 0 Å². The van der Waals surface area contributed by atoms with Gasteiger partial charge in [0.25, 0.3) is 0 Å². The second-order valence-corrected chi connectivity index (χ2v) is 4.83. The van der Waals surface area contributed by atoms with Gasteiger partial charge in [0.2, 0.25) is 11.8 Å². The first-order chi connectivity index (χ1) is 10.4. The SMILES string of the molecule is CNC(c1ccccc1)c1nnc(Cc2ccccc2)o1. The minimum Gasteiger partial charge on any atom is -0.423 e. The summed E-state index contributed by atoms with van der Waals surface area (Å²) in [5.41, 5.74) is 2.27. The molecule has 0 aliphatic carbocycles. The Kier molecular flexibility index (Phi) is 4.07. The van der Waals surface area contributed by atoms with E-state index in [2.05, 4.69) is 27.6 Å². The Morgan fingerprint density at radius 1 is 0.952 bits per heavy atom. The zero-order valence-electron chi connectivity index (χ0n) is 11.9. The minimum atomic E-state index is -0.0803. The van der Waals surface area contributed by atoms with Gasteiger partial charge >= 0.3 is 0 Å². The first kappa shape index (κ1) is 13.5. The van der Waals surface area contributed by atoms with Crippen molar-refractivity contribution in [1.82, 2.24) is 15.5 Å². The topological polar surface area (TPSA) is 51.0 Å². The lowest BCUT2D eigenvalue weighted by atomic mass is 10.1. The Bertz CT molecular complexity index is 680. The molecular formula is C17H17N3O. The molecule has 0 amide bonds. The fourth-order valence-electron chi connectivity index (χ4n) is 2.30. The van der Waals surface area contributed by atoms with Crippen LogP contribution in [-0.4, -0.2) is 17.2 Å². The summed E-state index contributed by atoms with van der Waals surface area (Å²) in [6.07, 6.45) is 0.652. The van der Waals surface area contributed by atoms with Gasteiger partial charge in [-0.15, -0.1) is 10.2 Å². The van der Waals surface area contributed by atoms with E-state index in [1.54, 1.807) is 0 Å². The molecule has 3 aromatic rings. The number of hydrogen-bond donors (Lipinski definition) is 1. The maximum atomic E-state index is 5.81. The molecule has 0 fully saturated rings. The summed E-state index contributed by atoms with van der Waals surface area (Å²) in [5.74, 6) is 1.22. The van der Waals surface area contributed by atoms with E-state index in [1.807, 2.05) is 55.6 Å². The molecule has 0 aliphatic heterocycles. The maximum absolute atomic E-state index is 5.81. The maximum Gasteiger partial charge on any atom is 0.237 e. The number of aromatic nitrogens is 2. The van der Waals surface area contributed by atoms with Gasteiger partial charge < -0.3 is 9.73 Å². The summed E-state index contributed by atoms with van der Waals surface area (Å²) in [6, 6.07) is 20.1. The van der Waals surface area contributed by atoms with Crippen molar-refractivity contribution >= 4 is 0 Å². The highest BCUT2D eigenvalue weighted by atomic mass is 16.4. The van der Waals surface area contributed by atoms with Crippen LogP contribution in [0.4, 0.5) is 0 Å². The molecule has 0 saturated heterocycles. The van der Waals surface area contributed by atoms with Crippen LogP contribution in [0.5, 0.6) is 0 Å². The average Bonchev–Trinajstić information content (AvgIpc) is 2.98. The molecule has 4 heteroatoms. The quantitative estimate of drug-likeness (QED) is 0.780. The van der Waals surface area contributed by atoms with Gasteiger partial charge in [0, 0.05) is 0 Å². The smallest absolute Gasteiger partial charge is 0.237 e. The van der Waals surface area contributed by atoms with Gasteiger partial charge in [-0.05, 0) is 18.2 Å². The van der Waals surface area contributed by atoms with E-state index >= 15 is 0 Å². The third-order valence-corrected chi connectivity index (χ3v) is 3.35. The first-order valence-electron chi connectivity index (χ1n) is 6.95. The van der Waals surface area contributed by atoms with Crippen molar-refractivity contribution < 1.29 is 4.42 Å². The molecule has 0 saturated carbocycles. The molecule has 106 valence electrons. The summed E-state index contributed by atoms with van der Waals surface area (Å²) in [4.78, 5) is 0. The van der Waals surface area contributed by atoms with Gasteiger partial charge in [0.15, 0.2) is 0 Å². The van der Waals surface area contributed by atoms with Crippen LogP contribution in [0.25, 0.3) is 0 Å². The predicted molar refractivity (Wildman–Crippen MR) is 80.9 cm³/mol. The van der Waals surface area contributed by atoms with E-state index in [0.717, 1.165) is 11.1 Å². The van der Waals surface area contributed by atoms with E-state index in [9.17, 15) is 0 Å². The first-order valence-corrected chi connectivity index (χ1v) is 6.95. The summed E-state index contributed by atoms with van der Waals surface area (Å²) in [7, 11) is 1.89. The van der Waals surface area contributed by atoms with Crippen LogP contribution in [0, 0.1) is 0 Å². The number of hydrogen-bond acceptors (Lipinski definition) is 4. The van der Waals surface area contributed by atoms with Gasteiger partial charge in [-0.25, -0.2) is 0 Å². The molecule has 3 rings (SSSR count). The van der Waals surface area contributed by atoms with E-state index in [1.165, 1.54) is 0 Å². The van der Waals surface area contributed by atoms with Crippen molar-refractivity contribution in [3.8, 4) is 0 Å². The van der Waals surface area contributed by atoms with Crippen molar-refractivity contribution in [3.63, 3.8) is 0 Å². The number of rotatable bonds is 5. The van der Waals surface area contributed by atoms with Crippen LogP contribution in [0.15, 0.2) is 65.1 Å². The molecule has 2 aromatic carbocycles. The van der Waals surface area contributed by atoms with Crippen LogP contribution in [0.2, 0.25) is 0 Å². The summed E-state index contributed by atoms with van der Waals surface area (Å²) < 4.78 is 5.81. The van der Waals surface area contributed by atoms with E-state index < -0.39 is 0 Å². The molecule has 1 N–H and O–H groups in total. The Hall–Kier alpha value is -2.46. The lowest BCUT2D eigenvalue weighted by Crippen LogP contribution is -2.17. The Labute approximate surface area is 123 Å². The summed E-state index contributed by atoms with van der Waals surface area (Å²) >= 11 is 0.